The van der Waals surface area contributed by atoms with Crippen molar-refractivity contribution in [1.82, 2.24) is 0 Å². The molecule has 4 atom stereocenters. The molecule has 2 fully saturated rings. The lowest BCUT2D eigenvalue weighted by Crippen LogP contribution is -2.65. The molecular formula is C24H28BF2NO. The molecule has 0 aromatic heterocycles. The highest BCUT2D eigenvalue weighted by atomic mass is 19.2. The van der Waals surface area contributed by atoms with Crippen LogP contribution >= 0.6 is 0 Å². The summed E-state index contributed by atoms with van der Waals surface area (Å²) in [7, 11) is -1.05. The van der Waals surface area contributed by atoms with Crippen LogP contribution in [0.1, 0.15) is 49.7 Å². The van der Waals surface area contributed by atoms with Crippen molar-refractivity contribution in [1.29, 1.82) is 0 Å². The van der Waals surface area contributed by atoms with Crippen molar-refractivity contribution in [3.05, 3.63) is 71.8 Å². The molecule has 2 saturated carbocycles. The van der Waals surface area contributed by atoms with E-state index < -0.39 is 13.1 Å². The van der Waals surface area contributed by atoms with Crippen LogP contribution in [-0.2, 0) is 10.3 Å². The fourth-order valence-electron chi connectivity index (χ4n) is 5.81. The van der Waals surface area contributed by atoms with Gasteiger partial charge in [-0.15, -0.1) is 0 Å². The Balaban J connectivity index is 1.86. The zero-order valence-corrected chi connectivity index (χ0v) is 16.9. The van der Waals surface area contributed by atoms with E-state index in [1.54, 1.807) is 7.05 Å². The maximum Gasteiger partial charge on any atom is 0.721 e. The molecule has 2 aliphatic carbocycles. The molecule has 0 aliphatic heterocycles. The fourth-order valence-corrected chi connectivity index (χ4v) is 5.81. The van der Waals surface area contributed by atoms with E-state index in [2.05, 4.69) is 4.99 Å². The quantitative estimate of drug-likeness (QED) is 0.439. The van der Waals surface area contributed by atoms with Crippen LogP contribution < -0.4 is 0 Å². The Morgan fingerprint density at radius 3 is 2.17 bits per heavy atom. The molecule has 2 aromatic rings. The van der Waals surface area contributed by atoms with Crippen LogP contribution in [0, 0.1) is 17.8 Å². The van der Waals surface area contributed by atoms with Gasteiger partial charge in [-0.2, -0.15) is 0 Å². The molecule has 0 saturated heterocycles. The third kappa shape index (κ3) is 3.65. The third-order valence-corrected chi connectivity index (χ3v) is 6.87. The highest BCUT2D eigenvalue weighted by Gasteiger charge is 2.65. The molecule has 152 valence electrons. The Morgan fingerprint density at radius 2 is 1.55 bits per heavy atom. The Hall–Kier alpha value is -2.01. The summed E-state index contributed by atoms with van der Waals surface area (Å²) in [6.45, 7) is 0. The number of aliphatic imine (C=N–C) groups is 1. The second kappa shape index (κ2) is 8.79. The first-order valence-electron chi connectivity index (χ1n) is 10.7. The summed E-state index contributed by atoms with van der Waals surface area (Å²) in [5, 5.41) is 0. The Kier molecular flexibility index (Phi) is 6.14. The summed E-state index contributed by atoms with van der Waals surface area (Å²) >= 11 is 0. The summed E-state index contributed by atoms with van der Waals surface area (Å²) in [6, 6.07) is 19.6. The van der Waals surface area contributed by atoms with Gasteiger partial charge in [-0.1, -0.05) is 86.3 Å². The monoisotopic (exact) mass is 395 g/mol. The minimum Gasteiger partial charge on any atom is -0.368 e. The predicted octanol–water partition coefficient (Wildman–Crippen LogP) is 6.16. The van der Waals surface area contributed by atoms with E-state index in [1.165, 1.54) is 12.8 Å². The van der Waals surface area contributed by atoms with Crippen LogP contribution in [0.5, 0.6) is 0 Å². The Morgan fingerprint density at radius 1 is 0.931 bits per heavy atom. The van der Waals surface area contributed by atoms with E-state index in [1.807, 2.05) is 60.7 Å². The van der Waals surface area contributed by atoms with E-state index in [4.69, 9.17) is 4.65 Å². The first-order chi connectivity index (χ1) is 14.2. The van der Waals surface area contributed by atoms with Gasteiger partial charge in [0, 0.05) is 18.7 Å². The van der Waals surface area contributed by atoms with Crippen molar-refractivity contribution in [2.45, 2.75) is 44.1 Å². The number of halogens is 2. The van der Waals surface area contributed by atoms with E-state index in [0.717, 1.165) is 42.5 Å². The molecule has 2 nitrogen and oxygen atoms in total. The van der Waals surface area contributed by atoms with Gasteiger partial charge in [-0.05, 0) is 35.8 Å². The van der Waals surface area contributed by atoms with Crippen LogP contribution in [0.4, 0.5) is 8.63 Å². The second-order valence-electron chi connectivity index (χ2n) is 8.25. The molecule has 0 N–H and O–H groups in total. The average Bonchev–Trinajstić information content (AvgIpc) is 2.73. The topological polar surface area (TPSA) is 21.6 Å². The maximum absolute atomic E-state index is 13.9. The van der Waals surface area contributed by atoms with Gasteiger partial charge in [0.05, 0.1) is 5.60 Å². The van der Waals surface area contributed by atoms with Crippen LogP contribution in [0.25, 0.3) is 0 Å². The molecule has 0 radical (unpaired) electrons. The predicted molar refractivity (Wildman–Crippen MR) is 114 cm³/mol. The van der Waals surface area contributed by atoms with Crippen LogP contribution in [-0.4, -0.2) is 20.2 Å². The van der Waals surface area contributed by atoms with Gasteiger partial charge in [0.15, 0.2) is 0 Å². The van der Waals surface area contributed by atoms with Crippen molar-refractivity contribution in [2.75, 3.05) is 7.05 Å². The maximum atomic E-state index is 13.9. The summed E-state index contributed by atoms with van der Waals surface area (Å²) in [4.78, 5) is 4.65. The normalized spacial score (nSPS) is 29.9. The van der Waals surface area contributed by atoms with E-state index in [9.17, 15) is 8.63 Å². The molecule has 0 amide bonds. The number of nitrogens with zero attached hydrogens (tertiary/aromatic N) is 1. The smallest absolute Gasteiger partial charge is 0.368 e. The van der Waals surface area contributed by atoms with Gasteiger partial charge in [-0.3, -0.25) is 13.6 Å². The number of benzene rings is 2. The van der Waals surface area contributed by atoms with Gasteiger partial charge in [-0.25, -0.2) is 0 Å². The Bertz CT molecular complexity index is 829. The van der Waals surface area contributed by atoms with Crippen molar-refractivity contribution in [3.63, 3.8) is 0 Å². The number of hydrogen-bond acceptors (Lipinski definition) is 2. The lowest BCUT2D eigenvalue weighted by molar-refractivity contribution is -0.178. The molecule has 29 heavy (non-hydrogen) atoms. The van der Waals surface area contributed by atoms with Crippen LogP contribution in [0.3, 0.4) is 0 Å². The summed E-state index contributed by atoms with van der Waals surface area (Å²) in [6.07, 6.45) is 6.56. The van der Waals surface area contributed by atoms with E-state index in [0.29, 0.717) is 5.92 Å². The molecule has 2 aliphatic rings. The lowest BCUT2D eigenvalue weighted by atomic mass is 9.46. The SMILES string of the molecule is CN=C(c1ccccc1)[C@@H]1[C@@H]2CCCCCC[C@@H]2[C@@]1(OB(F)F)c1ccccc1. The number of fused-ring (bicyclic) bond motifs is 1. The molecule has 0 bridgehead atoms. The zero-order valence-electron chi connectivity index (χ0n) is 16.9. The number of hydrogen-bond donors (Lipinski definition) is 0. The van der Waals surface area contributed by atoms with Crippen LogP contribution in [0.2, 0.25) is 0 Å². The second-order valence-corrected chi connectivity index (χ2v) is 8.25. The molecule has 0 unspecified atom stereocenters. The highest BCUT2D eigenvalue weighted by molar-refractivity contribution is 6.34. The average molecular weight is 395 g/mol. The zero-order chi connectivity index (χ0) is 20.3. The van der Waals surface area contributed by atoms with Gasteiger partial charge in [0.1, 0.15) is 0 Å². The first kappa shape index (κ1) is 20.3. The molecule has 4 rings (SSSR count). The van der Waals surface area contributed by atoms with E-state index in [-0.39, 0.29) is 11.8 Å². The number of rotatable bonds is 5. The minimum atomic E-state index is -2.82. The fraction of sp³-hybridized carbons (Fsp3) is 0.458. The Labute approximate surface area is 172 Å². The molecule has 0 spiro atoms. The van der Waals surface area contributed by atoms with Gasteiger partial charge < -0.3 is 4.65 Å². The highest BCUT2D eigenvalue weighted by Crippen LogP contribution is 2.63. The van der Waals surface area contributed by atoms with Crippen LogP contribution in [0.15, 0.2) is 65.7 Å². The lowest BCUT2D eigenvalue weighted by Gasteiger charge is -2.62. The van der Waals surface area contributed by atoms with Gasteiger partial charge >= 0.3 is 7.47 Å². The van der Waals surface area contributed by atoms with E-state index >= 15 is 0 Å². The van der Waals surface area contributed by atoms with Crippen molar-refractivity contribution in [2.24, 2.45) is 22.7 Å². The van der Waals surface area contributed by atoms with Crippen molar-refractivity contribution < 1.29 is 13.3 Å². The summed E-state index contributed by atoms with van der Waals surface area (Å²) < 4.78 is 33.3. The third-order valence-electron chi connectivity index (χ3n) is 6.87. The molecule has 2 aromatic carbocycles. The first-order valence-corrected chi connectivity index (χ1v) is 10.7. The minimum absolute atomic E-state index is 0.0877. The van der Waals surface area contributed by atoms with Gasteiger partial charge in [0.25, 0.3) is 0 Å². The molecule has 0 heterocycles. The summed E-state index contributed by atoms with van der Waals surface area (Å²) in [5.41, 5.74) is 1.71. The van der Waals surface area contributed by atoms with Crippen molar-refractivity contribution >= 4 is 13.2 Å². The molecule has 5 heteroatoms. The van der Waals surface area contributed by atoms with Crippen molar-refractivity contribution in [3.8, 4) is 0 Å². The summed E-state index contributed by atoms with van der Waals surface area (Å²) in [5.74, 6) is 0.229. The van der Waals surface area contributed by atoms with Gasteiger partial charge in [0.2, 0.25) is 0 Å². The largest absolute Gasteiger partial charge is 0.721 e. The standard InChI is InChI=1S/C24H28BF2NO/c1-28-23(18-12-6-4-7-13-18)22-20-16-10-2-3-11-17-21(20)24(22,29-25(26)27)19-14-8-5-9-15-19/h4-9,12-15,20-22H,2-3,10-11,16-17H2,1H3/t20-,21+,22+,24+/m1/s1. The molecular weight excluding hydrogens is 367 g/mol.